The highest BCUT2D eigenvalue weighted by molar-refractivity contribution is 5.96. The zero-order chi connectivity index (χ0) is 13.2. The zero-order valence-corrected chi connectivity index (χ0v) is 8.61. The largest absolute Gasteiger partial charge is 0.383 e. The summed E-state index contributed by atoms with van der Waals surface area (Å²) in [7, 11) is 0. The van der Waals surface area contributed by atoms with Crippen molar-refractivity contribution < 1.29 is 26.7 Å². The Hall–Kier alpha value is -1.66. The van der Waals surface area contributed by atoms with Gasteiger partial charge in [-0.25, -0.2) is 13.2 Å². The van der Waals surface area contributed by atoms with Crippen LogP contribution in [-0.4, -0.2) is 18.3 Å². The van der Waals surface area contributed by atoms with Gasteiger partial charge < -0.3 is 5.32 Å². The average Bonchev–Trinajstić information content (AvgIpc) is 2.21. The van der Waals surface area contributed by atoms with Crippen LogP contribution < -0.4 is 5.32 Å². The second kappa shape index (κ2) is 4.68. The quantitative estimate of drug-likeness (QED) is 0.824. The summed E-state index contributed by atoms with van der Waals surface area (Å²) in [5.74, 6) is -7.52. The van der Waals surface area contributed by atoms with Crippen LogP contribution in [0.25, 0.3) is 0 Å². The number of hydrogen-bond acceptors (Lipinski definition) is 1. The molecule has 1 rings (SSSR count). The molecule has 0 aliphatic rings. The Bertz CT molecular complexity index is 433. The number of nitrogens with one attached hydrogen (secondary N) is 1. The van der Waals surface area contributed by atoms with Crippen molar-refractivity contribution in [3.05, 3.63) is 29.6 Å². The fraction of sp³-hybridized carbons (Fsp3) is 0.300. The van der Waals surface area contributed by atoms with E-state index in [1.165, 1.54) is 6.92 Å². The lowest BCUT2D eigenvalue weighted by Gasteiger charge is -2.15. The van der Waals surface area contributed by atoms with Gasteiger partial charge in [0.1, 0.15) is 5.82 Å². The molecule has 2 nitrogen and oxygen atoms in total. The van der Waals surface area contributed by atoms with Crippen LogP contribution in [0.3, 0.4) is 0 Å². The van der Waals surface area contributed by atoms with E-state index < -0.39 is 24.1 Å². The molecule has 0 saturated heterocycles. The number of carbonyl (C=O) groups excluding carboxylic acids is 1. The van der Waals surface area contributed by atoms with Crippen molar-refractivity contribution in [2.75, 3.05) is 5.32 Å². The van der Waals surface area contributed by atoms with Gasteiger partial charge in [-0.2, -0.15) is 8.78 Å². The number of carbonyl (C=O) groups is 1. The molecular weight excluding hydrogens is 245 g/mol. The maximum absolute atomic E-state index is 12.7. The molecule has 7 heteroatoms. The Kier molecular flexibility index (Phi) is 3.69. The molecule has 0 saturated carbocycles. The van der Waals surface area contributed by atoms with Crippen LogP contribution in [0.15, 0.2) is 18.2 Å². The van der Waals surface area contributed by atoms with Gasteiger partial charge in [0.25, 0.3) is 0 Å². The Morgan fingerprint density at radius 1 is 1.35 bits per heavy atom. The van der Waals surface area contributed by atoms with E-state index >= 15 is 0 Å². The molecule has 0 spiro atoms. The van der Waals surface area contributed by atoms with Gasteiger partial charge in [-0.05, 0) is 30.7 Å². The summed E-state index contributed by atoms with van der Waals surface area (Å²) in [5.41, 5.74) is 0.0140. The predicted octanol–water partition coefficient (Wildman–Crippen LogP) is 2.97. The number of rotatable bonds is 3. The lowest BCUT2D eigenvalue weighted by atomic mass is 10.2. The molecular formula is C10H8F5NO. The summed E-state index contributed by atoms with van der Waals surface area (Å²) >= 11 is 0. The lowest BCUT2D eigenvalue weighted by Crippen LogP contribution is -2.41. The summed E-state index contributed by atoms with van der Waals surface area (Å²) < 4.78 is 61.6. The highest BCUT2D eigenvalue weighted by Gasteiger charge is 2.49. The number of hydrogen-bond donors (Lipinski definition) is 1. The first-order chi connectivity index (χ1) is 7.75. The van der Waals surface area contributed by atoms with E-state index in [1.54, 1.807) is 5.32 Å². The van der Waals surface area contributed by atoms with E-state index in [1.807, 2.05) is 0 Å². The smallest absolute Gasteiger partial charge is 0.320 e. The second-order valence-electron chi connectivity index (χ2n) is 3.34. The van der Waals surface area contributed by atoms with Crippen LogP contribution in [0.2, 0.25) is 0 Å². The normalized spacial score (nSPS) is 11.7. The number of alkyl halides is 4. The monoisotopic (exact) mass is 253 g/mol. The molecule has 0 atom stereocenters. The highest BCUT2D eigenvalue weighted by atomic mass is 19.3. The van der Waals surface area contributed by atoms with Crippen LogP contribution in [0, 0.1) is 12.7 Å². The number of amides is 1. The molecule has 0 heterocycles. The van der Waals surface area contributed by atoms with Crippen LogP contribution >= 0.6 is 0 Å². The molecule has 0 fully saturated rings. The van der Waals surface area contributed by atoms with Gasteiger partial charge in [0.2, 0.25) is 0 Å². The molecule has 1 N–H and O–H groups in total. The van der Waals surface area contributed by atoms with Crippen molar-refractivity contribution in [2.24, 2.45) is 0 Å². The molecule has 1 aromatic carbocycles. The van der Waals surface area contributed by atoms with Crippen LogP contribution in [-0.2, 0) is 4.79 Å². The number of aryl methyl sites for hydroxylation is 1. The van der Waals surface area contributed by atoms with Gasteiger partial charge in [0.05, 0.1) is 0 Å². The highest BCUT2D eigenvalue weighted by Crippen LogP contribution is 2.25. The Morgan fingerprint density at radius 3 is 2.41 bits per heavy atom. The fourth-order valence-corrected chi connectivity index (χ4v) is 1.07. The number of anilines is 1. The van der Waals surface area contributed by atoms with Gasteiger partial charge in [0, 0.05) is 5.69 Å². The van der Waals surface area contributed by atoms with Gasteiger partial charge in [0.15, 0.2) is 0 Å². The van der Waals surface area contributed by atoms with E-state index in [0.29, 0.717) is 0 Å². The summed E-state index contributed by atoms with van der Waals surface area (Å²) in [4.78, 5) is 10.9. The van der Waals surface area contributed by atoms with Crippen molar-refractivity contribution in [1.82, 2.24) is 0 Å². The third kappa shape index (κ3) is 2.92. The topological polar surface area (TPSA) is 29.1 Å². The number of halogens is 5. The predicted molar refractivity (Wildman–Crippen MR) is 50.7 cm³/mol. The molecule has 94 valence electrons. The zero-order valence-electron chi connectivity index (χ0n) is 8.61. The van der Waals surface area contributed by atoms with Crippen LogP contribution in [0.5, 0.6) is 0 Å². The van der Waals surface area contributed by atoms with Crippen molar-refractivity contribution in [3.8, 4) is 0 Å². The number of benzene rings is 1. The standard InChI is InChI=1S/C10H8F5NO/c1-5-4-6(11)2-3-7(5)16-9(17)10(14,15)8(12)13/h2-4,8H,1H3,(H,16,17). The molecule has 0 bridgehead atoms. The van der Waals surface area contributed by atoms with Gasteiger partial charge >= 0.3 is 18.3 Å². The van der Waals surface area contributed by atoms with Crippen molar-refractivity contribution >= 4 is 11.6 Å². The van der Waals surface area contributed by atoms with E-state index in [9.17, 15) is 26.7 Å². The maximum atomic E-state index is 12.7. The van der Waals surface area contributed by atoms with E-state index in [-0.39, 0.29) is 11.3 Å². The van der Waals surface area contributed by atoms with Crippen molar-refractivity contribution in [2.45, 2.75) is 19.3 Å². The summed E-state index contributed by atoms with van der Waals surface area (Å²) in [6.45, 7) is 1.35. The molecule has 0 unspecified atom stereocenters. The van der Waals surface area contributed by atoms with Gasteiger partial charge in [-0.1, -0.05) is 0 Å². The second-order valence-corrected chi connectivity index (χ2v) is 3.34. The first kappa shape index (κ1) is 13.4. The lowest BCUT2D eigenvalue weighted by molar-refractivity contribution is -0.163. The maximum Gasteiger partial charge on any atom is 0.383 e. The molecule has 1 amide bonds. The molecule has 1 aromatic rings. The minimum atomic E-state index is -4.78. The van der Waals surface area contributed by atoms with Crippen molar-refractivity contribution in [3.63, 3.8) is 0 Å². The molecule has 0 aliphatic carbocycles. The molecule has 0 aliphatic heterocycles. The first-order valence-electron chi connectivity index (χ1n) is 4.48. The Morgan fingerprint density at radius 2 is 1.94 bits per heavy atom. The van der Waals surface area contributed by atoms with Crippen LogP contribution in [0.4, 0.5) is 27.6 Å². The SMILES string of the molecule is Cc1cc(F)ccc1NC(=O)C(F)(F)C(F)F. The average molecular weight is 253 g/mol. The Balaban J connectivity index is 2.89. The van der Waals surface area contributed by atoms with Crippen LogP contribution in [0.1, 0.15) is 5.56 Å². The van der Waals surface area contributed by atoms with Gasteiger partial charge in [-0.3, -0.25) is 4.79 Å². The van der Waals surface area contributed by atoms with E-state index in [2.05, 4.69) is 0 Å². The third-order valence-corrected chi connectivity index (χ3v) is 2.01. The van der Waals surface area contributed by atoms with E-state index in [4.69, 9.17) is 0 Å². The molecule has 0 radical (unpaired) electrons. The summed E-state index contributed by atoms with van der Waals surface area (Å²) in [6.07, 6.45) is -4.09. The molecule has 0 aromatic heterocycles. The molecule has 17 heavy (non-hydrogen) atoms. The first-order valence-corrected chi connectivity index (χ1v) is 4.48. The fourth-order valence-electron chi connectivity index (χ4n) is 1.07. The Labute approximate surface area is 93.4 Å². The minimum Gasteiger partial charge on any atom is -0.320 e. The van der Waals surface area contributed by atoms with Crippen molar-refractivity contribution in [1.29, 1.82) is 0 Å². The summed E-state index contributed by atoms with van der Waals surface area (Å²) in [5, 5.41) is 1.62. The minimum absolute atomic E-state index is 0.142. The third-order valence-electron chi connectivity index (χ3n) is 2.01. The van der Waals surface area contributed by atoms with Gasteiger partial charge in [-0.15, -0.1) is 0 Å². The van der Waals surface area contributed by atoms with E-state index in [0.717, 1.165) is 18.2 Å². The summed E-state index contributed by atoms with van der Waals surface area (Å²) in [6, 6.07) is 2.92.